The first-order valence-corrected chi connectivity index (χ1v) is 7.18. The first-order valence-electron chi connectivity index (χ1n) is 6.77. The number of hydrazine groups is 1. The molecule has 0 fully saturated rings. The van der Waals surface area contributed by atoms with Gasteiger partial charge >= 0.3 is 0 Å². The molecule has 0 spiro atoms. The summed E-state index contributed by atoms with van der Waals surface area (Å²) in [5.41, 5.74) is 5.74. The zero-order valence-corrected chi connectivity index (χ0v) is 13.4. The number of ether oxygens (including phenoxy) is 1. The highest BCUT2D eigenvalue weighted by atomic mass is 32.1. The zero-order valence-electron chi connectivity index (χ0n) is 12.6. The van der Waals surface area contributed by atoms with Gasteiger partial charge in [0.25, 0.3) is 5.91 Å². The van der Waals surface area contributed by atoms with Gasteiger partial charge in [-0.05, 0) is 36.8 Å². The molecular formula is C14H20N4O3S. The van der Waals surface area contributed by atoms with Gasteiger partial charge in [-0.25, -0.2) is 0 Å². The molecule has 1 aromatic rings. The van der Waals surface area contributed by atoms with Crippen molar-refractivity contribution in [2.75, 3.05) is 20.2 Å². The maximum absolute atomic E-state index is 11.7. The Morgan fingerprint density at radius 2 is 1.77 bits per heavy atom. The number of carbonyl (C=O) groups is 2. The van der Waals surface area contributed by atoms with E-state index < -0.39 is 0 Å². The van der Waals surface area contributed by atoms with Gasteiger partial charge in [0, 0.05) is 6.54 Å². The lowest BCUT2D eigenvalue weighted by molar-refractivity contribution is -0.126. The van der Waals surface area contributed by atoms with Crippen molar-refractivity contribution in [2.45, 2.75) is 13.3 Å². The lowest BCUT2D eigenvalue weighted by Crippen LogP contribution is -2.49. The number of methoxy groups -OCH3 is 1. The van der Waals surface area contributed by atoms with Crippen LogP contribution in [0.1, 0.15) is 12.5 Å². The molecule has 2 amide bonds. The van der Waals surface area contributed by atoms with Gasteiger partial charge in [-0.15, -0.1) is 0 Å². The van der Waals surface area contributed by atoms with Crippen molar-refractivity contribution >= 4 is 29.1 Å². The third kappa shape index (κ3) is 6.89. The average Bonchev–Trinajstić information content (AvgIpc) is 2.52. The van der Waals surface area contributed by atoms with Crippen molar-refractivity contribution in [3.63, 3.8) is 0 Å². The van der Waals surface area contributed by atoms with Gasteiger partial charge in [-0.1, -0.05) is 12.1 Å². The fraction of sp³-hybridized carbons (Fsp3) is 0.357. The van der Waals surface area contributed by atoms with Crippen molar-refractivity contribution in [1.82, 2.24) is 21.5 Å². The van der Waals surface area contributed by atoms with E-state index in [0.29, 0.717) is 11.7 Å². The lowest BCUT2D eigenvalue weighted by Gasteiger charge is -2.10. The molecule has 8 heteroatoms. The van der Waals surface area contributed by atoms with Crippen LogP contribution in [-0.4, -0.2) is 37.1 Å². The summed E-state index contributed by atoms with van der Waals surface area (Å²) in [7, 11) is 1.58. The van der Waals surface area contributed by atoms with Gasteiger partial charge in [0.1, 0.15) is 5.75 Å². The Morgan fingerprint density at radius 3 is 2.36 bits per heavy atom. The summed E-state index contributed by atoms with van der Waals surface area (Å²) in [4.78, 5) is 23.2. The molecule has 4 N–H and O–H groups in total. The first kappa shape index (κ1) is 17.7. The number of nitrogens with one attached hydrogen (secondary N) is 4. The van der Waals surface area contributed by atoms with Gasteiger partial charge in [0.15, 0.2) is 5.11 Å². The van der Waals surface area contributed by atoms with Crippen molar-refractivity contribution in [3.8, 4) is 5.75 Å². The van der Waals surface area contributed by atoms with Crippen LogP contribution in [0.3, 0.4) is 0 Å². The summed E-state index contributed by atoms with van der Waals surface area (Å²) in [6, 6.07) is 7.16. The van der Waals surface area contributed by atoms with Crippen LogP contribution in [0.4, 0.5) is 0 Å². The number of thiocarbonyl (C=S) groups is 1. The third-order valence-corrected chi connectivity index (χ3v) is 2.87. The molecule has 0 aromatic heterocycles. The van der Waals surface area contributed by atoms with Crippen molar-refractivity contribution < 1.29 is 14.3 Å². The minimum Gasteiger partial charge on any atom is -0.497 e. The highest BCUT2D eigenvalue weighted by Crippen LogP contribution is 2.11. The largest absolute Gasteiger partial charge is 0.497 e. The van der Waals surface area contributed by atoms with E-state index >= 15 is 0 Å². The average molecular weight is 324 g/mol. The highest BCUT2D eigenvalue weighted by Gasteiger charge is 2.07. The molecule has 0 saturated heterocycles. The fourth-order valence-electron chi connectivity index (χ4n) is 1.55. The normalized spacial score (nSPS) is 9.55. The van der Waals surface area contributed by atoms with Crippen molar-refractivity contribution in [2.24, 2.45) is 0 Å². The van der Waals surface area contributed by atoms with Crippen LogP contribution >= 0.6 is 12.2 Å². The summed E-state index contributed by atoms with van der Waals surface area (Å²) >= 11 is 4.88. The lowest BCUT2D eigenvalue weighted by atomic mass is 10.1. The Labute approximate surface area is 134 Å². The molecule has 0 saturated carbocycles. The molecular weight excluding hydrogens is 304 g/mol. The third-order valence-electron chi connectivity index (χ3n) is 2.62. The Bertz CT molecular complexity index is 519. The smallest absolute Gasteiger partial charge is 0.257 e. The zero-order chi connectivity index (χ0) is 16.4. The van der Waals surface area contributed by atoms with E-state index in [2.05, 4.69) is 21.5 Å². The second kappa shape index (κ2) is 9.56. The van der Waals surface area contributed by atoms with E-state index in [1.54, 1.807) is 31.4 Å². The van der Waals surface area contributed by atoms with Gasteiger partial charge in [0.05, 0.1) is 20.1 Å². The van der Waals surface area contributed by atoms with Crippen molar-refractivity contribution in [1.29, 1.82) is 0 Å². The molecule has 0 atom stereocenters. The summed E-state index contributed by atoms with van der Waals surface area (Å²) in [5, 5.41) is 5.66. The second-order valence-corrected chi connectivity index (χ2v) is 4.74. The number of hydrogen-bond acceptors (Lipinski definition) is 4. The second-order valence-electron chi connectivity index (χ2n) is 4.33. The monoisotopic (exact) mass is 324 g/mol. The Balaban J connectivity index is 2.27. The highest BCUT2D eigenvalue weighted by molar-refractivity contribution is 7.80. The molecule has 22 heavy (non-hydrogen) atoms. The molecule has 0 unspecified atom stereocenters. The fourth-order valence-corrected chi connectivity index (χ4v) is 1.74. The number of amides is 2. The van der Waals surface area contributed by atoms with Crippen LogP contribution in [-0.2, 0) is 16.0 Å². The number of rotatable bonds is 6. The standard InChI is InChI=1S/C14H20N4O3S/c1-3-15-14(22)18-17-13(20)9-16-12(19)8-10-4-6-11(21-2)7-5-10/h4-7H,3,8-9H2,1-2H3,(H,16,19)(H,17,20)(H2,15,18,22). The number of carbonyl (C=O) groups excluding carboxylic acids is 2. The van der Waals surface area contributed by atoms with Crippen LogP contribution in [0.5, 0.6) is 5.75 Å². The Kier molecular flexibility index (Phi) is 7.69. The predicted molar refractivity (Wildman–Crippen MR) is 87.3 cm³/mol. The van der Waals surface area contributed by atoms with Gasteiger partial charge < -0.3 is 15.4 Å². The maximum Gasteiger partial charge on any atom is 0.257 e. The first-order chi connectivity index (χ1) is 10.5. The summed E-state index contributed by atoms with van der Waals surface area (Å²) in [6.45, 7) is 2.41. The van der Waals surface area contributed by atoms with Crippen LogP contribution in [0.25, 0.3) is 0 Å². The molecule has 7 nitrogen and oxygen atoms in total. The molecule has 0 bridgehead atoms. The summed E-state index contributed by atoms with van der Waals surface area (Å²) in [5.74, 6) is 0.101. The molecule has 0 aliphatic heterocycles. The van der Waals surface area contributed by atoms with E-state index in [4.69, 9.17) is 17.0 Å². The molecule has 0 radical (unpaired) electrons. The summed E-state index contributed by atoms with van der Waals surface area (Å²) in [6.07, 6.45) is 0.195. The van der Waals surface area contributed by atoms with Crippen LogP contribution in [0, 0.1) is 0 Å². The van der Waals surface area contributed by atoms with E-state index in [9.17, 15) is 9.59 Å². The molecule has 120 valence electrons. The predicted octanol–water partition coefficient (Wildman–Crippen LogP) is -0.131. The minimum atomic E-state index is -0.386. The molecule has 0 aliphatic carbocycles. The quantitative estimate of drug-likeness (QED) is 0.430. The molecule has 0 heterocycles. The van der Waals surface area contributed by atoms with Crippen LogP contribution < -0.4 is 26.2 Å². The van der Waals surface area contributed by atoms with E-state index in [1.807, 2.05) is 6.92 Å². The molecule has 0 aliphatic rings. The SMILES string of the molecule is CCNC(=S)NNC(=O)CNC(=O)Cc1ccc(OC)cc1. The van der Waals surface area contributed by atoms with Gasteiger partial charge in [0.2, 0.25) is 5.91 Å². The van der Waals surface area contributed by atoms with Crippen molar-refractivity contribution in [3.05, 3.63) is 29.8 Å². The van der Waals surface area contributed by atoms with Gasteiger partial charge in [-0.2, -0.15) is 0 Å². The van der Waals surface area contributed by atoms with Crippen LogP contribution in [0.2, 0.25) is 0 Å². The van der Waals surface area contributed by atoms with E-state index in [0.717, 1.165) is 11.3 Å². The maximum atomic E-state index is 11.7. The Hall–Kier alpha value is -2.35. The van der Waals surface area contributed by atoms with Crippen LogP contribution in [0.15, 0.2) is 24.3 Å². The Morgan fingerprint density at radius 1 is 1.09 bits per heavy atom. The number of benzene rings is 1. The summed E-state index contributed by atoms with van der Waals surface area (Å²) < 4.78 is 5.04. The van der Waals surface area contributed by atoms with E-state index in [-0.39, 0.29) is 24.8 Å². The molecule has 1 aromatic carbocycles. The van der Waals surface area contributed by atoms with E-state index in [1.165, 1.54) is 0 Å². The minimum absolute atomic E-state index is 0.128. The number of hydrogen-bond donors (Lipinski definition) is 4. The molecule has 1 rings (SSSR count). The van der Waals surface area contributed by atoms with Gasteiger partial charge in [-0.3, -0.25) is 20.4 Å². The topological polar surface area (TPSA) is 91.5 Å².